The molecule has 0 aliphatic rings. The molecule has 0 fully saturated rings. The number of thiocarbonyl (C=S) groups is 1. The first-order chi connectivity index (χ1) is 8.90. The molecule has 0 saturated carbocycles. The SMILES string of the molecule is CC(C)CC(CN(C)C)Nc1cnccc1C(N)=S. The first-order valence-corrected chi connectivity index (χ1v) is 6.96. The van der Waals surface area contributed by atoms with Crippen LogP contribution in [0.5, 0.6) is 0 Å². The molecule has 1 unspecified atom stereocenters. The number of aromatic nitrogens is 1. The fourth-order valence-electron chi connectivity index (χ4n) is 2.13. The molecule has 5 heteroatoms. The lowest BCUT2D eigenvalue weighted by molar-refractivity contribution is 0.356. The third kappa shape index (κ3) is 5.53. The Bertz CT molecular complexity index is 408. The molecule has 1 atom stereocenters. The van der Waals surface area contributed by atoms with E-state index in [0.717, 1.165) is 24.2 Å². The molecule has 0 radical (unpaired) electrons. The van der Waals surface area contributed by atoms with E-state index in [-0.39, 0.29) is 0 Å². The second-order valence-electron chi connectivity index (χ2n) is 5.52. The molecule has 0 saturated heterocycles. The molecule has 1 rings (SSSR count). The summed E-state index contributed by atoms with van der Waals surface area (Å²) in [6, 6.07) is 2.21. The van der Waals surface area contributed by atoms with Crippen molar-refractivity contribution in [3.8, 4) is 0 Å². The summed E-state index contributed by atoms with van der Waals surface area (Å²) in [7, 11) is 4.15. The van der Waals surface area contributed by atoms with Gasteiger partial charge in [0.15, 0.2) is 0 Å². The fourth-order valence-corrected chi connectivity index (χ4v) is 2.31. The van der Waals surface area contributed by atoms with E-state index in [0.29, 0.717) is 16.9 Å². The van der Waals surface area contributed by atoms with Gasteiger partial charge in [-0.15, -0.1) is 0 Å². The largest absolute Gasteiger partial charge is 0.389 e. The molecule has 4 nitrogen and oxygen atoms in total. The Morgan fingerprint density at radius 1 is 1.47 bits per heavy atom. The average molecular weight is 280 g/mol. The number of hydrogen-bond donors (Lipinski definition) is 2. The third-order valence-corrected chi connectivity index (χ3v) is 3.01. The normalized spacial score (nSPS) is 12.7. The van der Waals surface area contributed by atoms with Crippen molar-refractivity contribution in [2.24, 2.45) is 11.7 Å². The molecular weight excluding hydrogens is 256 g/mol. The minimum atomic E-state index is 0.354. The van der Waals surface area contributed by atoms with Crippen molar-refractivity contribution in [2.45, 2.75) is 26.3 Å². The smallest absolute Gasteiger partial charge is 0.106 e. The molecule has 19 heavy (non-hydrogen) atoms. The number of rotatable bonds is 7. The molecule has 1 aromatic rings. The van der Waals surface area contributed by atoms with E-state index in [4.69, 9.17) is 18.0 Å². The number of likely N-dealkylation sites (N-methyl/N-ethyl adjacent to an activating group) is 1. The lowest BCUT2D eigenvalue weighted by atomic mass is 10.0. The molecule has 106 valence electrons. The maximum absolute atomic E-state index is 5.75. The number of pyridine rings is 1. The van der Waals surface area contributed by atoms with Crippen LogP contribution in [0.2, 0.25) is 0 Å². The van der Waals surface area contributed by atoms with Gasteiger partial charge in [0.1, 0.15) is 4.99 Å². The van der Waals surface area contributed by atoms with Gasteiger partial charge in [-0.1, -0.05) is 26.1 Å². The van der Waals surface area contributed by atoms with Crippen molar-refractivity contribution in [3.63, 3.8) is 0 Å². The second-order valence-corrected chi connectivity index (χ2v) is 5.96. The maximum Gasteiger partial charge on any atom is 0.106 e. The maximum atomic E-state index is 5.75. The summed E-state index contributed by atoms with van der Waals surface area (Å²) in [6.45, 7) is 5.41. The summed E-state index contributed by atoms with van der Waals surface area (Å²) < 4.78 is 0. The summed E-state index contributed by atoms with van der Waals surface area (Å²) in [4.78, 5) is 6.73. The molecule has 1 aromatic heterocycles. The first kappa shape index (κ1) is 15.9. The standard InChI is InChI=1S/C14H24N4S/c1-10(2)7-11(9-18(3)4)17-13-8-16-6-5-12(13)14(15)19/h5-6,8,10-11,17H,7,9H2,1-4H3,(H2,15,19). The second kappa shape index (κ2) is 7.40. The van der Waals surface area contributed by atoms with Crippen LogP contribution in [0.15, 0.2) is 18.5 Å². The Labute approximate surface area is 121 Å². The van der Waals surface area contributed by atoms with Gasteiger partial charge < -0.3 is 16.0 Å². The number of nitrogens with one attached hydrogen (secondary N) is 1. The average Bonchev–Trinajstić information content (AvgIpc) is 2.27. The molecule has 3 N–H and O–H groups in total. The minimum Gasteiger partial charge on any atom is -0.389 e. The van der Waals surface area contributed by atoms with E-state index in [2.05, 4.69) is 43.1 Å². The molecule has 0 aromatic carbocycles. The van der Waals surface area contributed by atoms with Crippen molar-refractivity contribution in [2.75, 3.05) is 26.0 Å². The van der Waals surface area contributed by atoms with Crippen LogP contribution in [-0.4, -0.2) is 41.6 Å². The summed E-state index contributed by atoms with van der Waals surface area (Å²) in [5.74, 6) is 0.627. The summed E-state index contributed by atoms with van der Waals surface area (Å²) in [6.07, 6.45) is 4.59. The highest BCUT2D eigenvalue weighted by atomic mass is 32.1. The molecule has 0 amide bonds. The Balaban J connectivity index is 2.86. The zero-order valence-corrected chi connectivity index (χ0v) is 13.0. The highest BCUT2D eigenvalue weighted by Gasteiger charge is 2.14. The molecule has 0 aliphatic heterocycles. The quantitative estimate of drug-likeness (QED) is 0.749. The van der Waals surface area contributed by atoms with E-state index in [1.165, 1.54) is 0 Å². The van der Waals surface area contributed by atoms with E-state index in [9.17, 15) is 0 Å². The number of hydrogen-bond acceptors (Lipinski definition) is 4. The highest BCUT2D eigenvalue weighted by molar-refractivity contribution is 7.80. The Kier molecular flexibility index (Phi) is 6.18. The van der Waals surface area contributed by atoms with Gasteiger partial charge in [-0.2, -0.15) is 0 Å². The highest BCUT2D eigenvalue weighted by Crippen LogP contribution is 2.17. The molecule has 0 bridgehead atoms. The molecule has 0 spiro atoms. The van der Waals surface area contributed by atoms with Gasteiger partial charge in [0, 0.05) is 24.3 Å². The molecule has 0 aliphatic carbocycles. The predicted molar refractivity (Wildman–Crippen MR) is 85.5 cm³/mol. The molecule has 1 heterocycles. The van der Waals surface area contributed by atoms with Crippen molar-refractivity contribution in [1.29, 1.82) is 0 Å². The van der Waals surface area contributed by atoms with Crippen molar-refractivity contribution in [1.82, 2.24) is 9.88 Å². The van der Waals surface area contributed by atoms with Crippen molar-refractivity contribution in [3.05, 3.63) is 24.0 Å². The van der Waals surface area contributed by atoms with Crippen LogP contribution in [0.1, 0.15) is 25.8 Å². The van der Waals surface area contributed by atoms with E-state index in [1.807, 2.05) is 6.07 Å². The Morgan fingerprint density at radius 3 is 2.68 bits per heavy atom. The fraction of sp³-hybridized carbons (Fsp3) is 0.571. The van der Waals surface area contributed by atoms with Gasteiger partial charge in [-0.3, -0.25) is 4.98 Å². The lowest BCUT2D eigenvalue weighted by Crippen LogP contribution is -2.34. The van der Waals surface area contributed by atoms with Crippen LogP contribution in [0.3, 0.4) is 0 Å². The zero-order chi connectivity index (χ0) is 14.4. The van der Waals surface area contributed by atoms with Crippen molar-refractivity contribution >= 4 is 22.9 Å². The minimum absolute atomic E-state index is 0.354. The number of nitrogens with zero attached hydrogens (tertiary/aromatic N) is 2. The van der Waals surface area contributed by atoms with Crippen LogP contribution < -0.4 is 11.1 Å². The third-order valence-electron chi connectivity index (χ3n) is 2.79. The van der Waals surface area contributed by atoms with Crippen LogP contribution in [-0.2, 0) is 0 Å². The van der Waals surface area contributed by atoms with E-state index < -0.39 is 0 Å². The number of nitrogens with two attached hydrogens (primary N) is 1. The zero-order valence-electron chi connectivity index (χ0n) is 12.2. The summed E-state index contributed by atoms with van der Waals surface area (Å²) in [5.41, 5.74) is 7.52. The van der Waals surface area contributed by atoms with Gasteiger partial charge in [0.25, 0.3) is 0 Å². The van der Waals surface area contributed by atoms with Crippen molar-refractivity contribution < 1.29 is 0 Å². The van der Waals surface area contributed by atoms with Gasteiger partial charge in [0.2, 0.25) is 0 Å². The van der Waals surface area contributed by atoms with Crippen LogP contribution in [0, 0.1) is 5.92 Å². The Hall–Kier alpha value is -1.20. The monoisotopic (exact) mass is 280 g/mol. The predicted octanol–water partition coefficient (Wildman–Crippen LogP) is 2.10. The first-order valence-electron chi connectivity index (χ1n) is 6.55. The molecular formula is C14H24N4S. The van der Waals surface area contributed by atoms with Gasteiger partial charge in [-0.25, -0.2) is 0 Å². The lowest BCUT2D eigenvalue weighted by Gasteiger charge is -2.25. The van der Waals surface area contributed by atoms with Crippen LogP contribution >= 0.6 is 12.2 Å². The number of anilines is 1. The van der Waals surface area contributed by atoms with Crippen LogP contribution in [0.25, 0.3) is 0 Å². The van der Waals surface area contributed by atoms with E-state index in [1.54, 1.807) is 12.4 Å². The summed E-state index contributed by atoms with van der Waals surface area (Å²) >= 11 is 5.08. The van der Waals surface area contributed by atoms with Gasteiger partial charge in [0.05, 0.1) is 11.9 Å². The summed E-state index contributed by atoms with van der Waals surface area (Å²) in [5, 5.41) is 3.52. The van der Waals surface area contributed by atoms with Crippen LogP contribution in [0.4, 0.5) is 5.69 Å². The van der Waals surface area contributed by atoms with Gasteiger partial charge in [-0.05, 0) is 32.5 Å². The van der Waals surface area contributed by atoms with E-state index >= 15 is 0 Å². The Morgan fingerprint density at radius 2 is 2.16 bits per heavy atom. The van der Waals surface area contributed by atoms with Gasteiger partial charge >= 0.3 is 0 Å². The topological polar surface area (TPSA) is 54.2 Å².